The van der Waals surface area contributed by atoms with Crippen molar-refractivity contribution in [2.75, 3.05) is 5.32 Å². The lowest BCUT2D eigenvalue weighted by Gasteiger charge is -1.98. The quantitative estimate of drug-likeness (QED) is 0.706. The first-order valence-electron chi connectivity index (χ1n) is 5.04. The van der Waals surface area contributed by atoms with Crippen LogP contribution >= 0.6 is 0 Å². The van der Waals surface area contributed by atoms with E-state index in [1.807, 2.05) is 53.2 Å². The monoisotopic (exact) mass is 210 g/mol. The first-order valence-corrected chi connectivity index (χ1v) is 5.04. The molecule has 0 saturated carbocycles. The molecule has 0 aliphatic rings. The summed E-state index contributed by atoms with van der Waals surface area (Å²) in [6.45, 7) is 0. The molecule has 0 bridgehead atoms. The Morgan fingerprint density at radius 3 is 2.75 bits per heavy atom. The summed E-state index contributed by atoms with van der Waals surface area (Å²) < 4.78 is 1.96. The fraction of sp³-hybridized carbons (Fsp3) is 0. The van der Waals surface area contributed by atoms with Gasteiger partial charge in [0.25, 0.3) is 0 Å². The minimum absolute atomic E-state index is 0.796. The van der Waals surface area contributed by atoms with E-state index in [2.05, 4.69) is 15.3 Å². The van der Waals surface area contributed by atoms with E-state index in [4.69, 9.17) is 0 Å². The summed E-state index contributed by atoms with van der Waals surface area (Å²) in [5.74, 6) is 1.59. The zero-order valence-corrected chi connectivity index (χ0v) is 8.54. The van der Waals surface area contributed by atoms with E-state index >= 15 is 0 Å². The molecule has 0 atom stereocenters. The third-order valence-electron chi connectivity index (χ3n) is 2.29. The number of fused-ring (bicyclic) bond motifs is 1. The van der Waals surface area contributed by atoms with Gasteiger partial charge in [0.1, 0.15) is 11.5 Å². The average molecular weight is 210 g/mol. The summed E-state index contributed by atoms with van der Waals surface area (Å²) in [7, 11) is 0. The van der Waals surface area contributed by atoms with E-state index in [0.717, 1.165) is 17.3 Å². The minimum Gasteiger partial charge on any atom is -0.324 e. The van der Waals surface area contributed by atoms with Gasteiger partial charge in [-0.25, -0.2) is 9.97 Å². The summed E-state index contributed by atoms with van der Waals surface area (Å²) in [4.78, 5) is 8.60. The van der Waals surface area contributed by atoms with Gasteiger partial charge in [0, 0.05) is 12.4 Å². The van der Waals surface area contributed by atoms with Crippen LogP contribution in [0.15, 0.2) is 55.0 Å². The fourth-order valence-electron chi connectivity index (χ4n) is 1.56. The summed E-state index contributed by atoms with van der Waals surface area (Å²) in [5, 5.41) is 3.15. The molecule has 4 heteroatoms. The van der Waals surface area contributed by atoms with Crippen LogP contribution in [0.1, 0.15) is 0 Å². The van der Waals surface area contributed by atoms with E-state index in [1.165, 1.54) is 0 Å². The highest BCUT2D eigenvalue weighted by atomic mass is 15.1. The number of pyridine rings is 2. The Morgan fingerprint density at radius 1 is 1.00 bits per heavy atom. The summed E-state index contributed by atoms with van der Waals surface area (Å²) in [6, 6.07) is 11.6. The van der Waals surface area contributed by atoms with Crippen LogP contribution in [0.4, 0.5) is 11.6 Å². The molecule has 0 radical (unpaired) electrons. The van der Waals surface area contributed by atoms with Crippen molar-refractivity contribution >= 4 is 17.3 Å². The maximum atomic E-state index is 4.42. The molecule has 3 rings (SSSR count). The van der Waals surface area contributed by atoms with Crippen molar-refractivity contribution in [3.63, 3.8) is 0 Å². The summed E-state index contributed by atoms with van der Waals surface area (Å²) >= 11 is 0. The maximum Gasteiger partial charge on any atom is 0.150 e. The molecular weight excluding hydrogens is 200 g/mol. The first-order chi connectivity index (χ1) is 7.92. The molecule has 0 unspecified atom stereocenters. The standard InChI is InChI=1S/C12H10N4/c1-3-7-13-10(5-1)14-11-9-16-8-4-2-6-12(16)15-11/h1-9H,(H,13,14). The Labute approximate surface area is 92.6 Å². The molecule has 0 fully saturated rings. The number of nitrogens with one attached hydrogen (secondary N) is 1. The van der Waals surface area contributed by atoms with Crippen molar-refractivity contribution < 1.29 is 0 Å². The Balaban J connectivity index is 1.95. The van der Waals surface area contributed by atoms with Gasteiger partial charge in [-0.3, -0.25) is 0 Å². The number of anilines is 2. The Bertz CT molecular complexity index is 567. The molecule has 0 amide bonds. The number of hydrogen-bond acceptors (Lipinski definition) is 3. The molecule has 0 aromatic carbocycles. The van der Waals surface area contributed by atoms with Gasteiger partial charge in [0.2, 0.25) is 0 Å². The topological polar surface area (TPSA) is 42.2 Å². The molecule has 3 aromatic rings. The molecule has 0 saturated heterocycles. The molecule has 1 N–H and O–H groups in total. The molecule has 0 aliphatic heterocycles. The molecule has 4 nitrogen and oxygen atoms in total. The van der Waals surface area contributed by atoms with Crippen LogP contribution in [0.2, 0.25) is 0 Å². The smallest absolute Gasteiger partial charge is 0.150 e. The van der Waals surface area contributed by atoms with Gasteiger partial charge >= 0.3 is 0 Å². The predicted molar refractivity (Wildman–Crippen MR) is 62.7 cm³/mol. The number of rotatable bonds is 2. The molecular formula is C12H10N4. The van der Waals surface area contributed by atoms with Crippen LogP contribution in [0.3, 0.4) is 0 Å². The zero-order chi connectivity index (χ0) is 10.8. The van der Waals surface area contributed by atoms with Crippen LogP contribution in [0.5, 0.6) is 0 Å². The fourth-order valence-corrected chi connectivity index (χ4v) is 1.56. The highest BCUT2D eigenvalue weighted by Crippen LogP contribution is 2.13. The van der Waals surface area contributed by atoms with Gasteiger partial charge in [0.05, 0.1) is 6.20 Å². The molecule has 3 heterocycles. The highest BCUT2D eigenvalue weighted by molar-refractivity contribution is 5.55. The van der Waals surface area contributed by atoms with E-state index in [0.29, 0.717) is 0 Å². The molecule has 0 aliphatic carbocycles. The lowest BCUT2D eigenvalue weighted by atomic mass is 10.4. The average Bonchev–Trinajstić information content (AvgIpc) is 2.72. The van der Waals surface area contributed by atoms with E-state index < -0.39 is 0 Å². The zero-order valence-electron chi connectivity index (χ0n) is 8.54. The van der Waals surface area contributed by atoms with Crippen molar-refractivity contribution in [1.82, 2.24) is 14.4 Å². The van der Waals surface area contributed by atoms with Crippen LogP contribution in [0, 0.1) is 0 Å². The van der Waals surface area contributed by atoms with Crippen LogP contribution in [0.25, 0.3) is 5.65 Å². The van der Waals surface area contributed by atoms with Crippen molar-refractivity contribution in [2.45, 2.75) is 0 Å². The van der Waals surface area contributed by atoms with E-state index in [1.54, 1.807) is 6.20 Å². The normalized spacial score (nSPS) is 10.5. The lowest BCUT2D eigenvalue weighted by molar-refractivity contribution is 1.19. The van der Waals surface area contributed by atoms with E-state index in [-0.39, 0.29) is 0 Å². The molecule has 3 aromatic heterocycles. The van der Waals surface area contributed by atoms with Crippen molar-refractivity contribution in [3.8, 4) is 0 Å². The van der Waals surface area contributed by atoms with Crippen LogP contribution in [-0.4, -0.2) is 14.4 Å². The van der Waals surface area contributed by atoms with Crippen LogP contribution in [-0.2, 0) is 0 Å². The van der Waals surface area contributed by atoms with Gasteiger partial charge in [0.15, 0.2) is 5.82 Å². The highest BCUT2D eigenvalue weighted by Gasteiger charge is 2.00. The Morgan fingerprint density at radius 2 is 1.94 bits per heavy atom. The van der Waals surface area contributed by atoms with Crippen molar-refractivity contribution in [1.29, 1.82) is 0 Å². The summed E-state index contributed by atoms with van der Waals surface area (Å²) in [6.07, 6.45) is 5.65. The Kier molecular flexibility index (Phi) is 2.04. The van der Waals surface area contributed by atoms with E-state index in [9.17, 15) is 0 Å². The second kappa shape index (κ2) is 3.66. The number of aromatic nitrogens is 3. The lowest BCUT2D eigenvalue weighted by Crippen LogP contribution is -1.91. The Hall–Kier alpha value is -2.36. The third kappa shape index (κ3) is 1.61. The maximum absolute atomic E-state index is 4.42. The van der Waals surface area contributed by atoms with Crippen molar-refractivity contribution in [3.05, 3.63) is 55.0 Å². The SMILES string of the molecule is c1ccc(Nc2cn3ccccc3n2)nc1. The molecule has 16 heavy (non-hydrogen) atoms. The summed E-state index contributed by atoms with van der Waals surface area (Å²) in [5.41, 5.74) is 0.918. The van der Waals surface area contributed by atoms with Crippen LogP contribution < -0.4 is 5.32 Å². The molecule has 0 spiro atoms. The van der Waals surface area contributed by atoms with Crippen molar-refractivity contribution in [2.24, 2.45) is 0 Å². The van der Waals surface area contributed by atoms with Gasteiger partial charge in [-0.1, -0.05) is 12.1 Å². The largest absolute Gasteiger partial charge is 0.324 e. The van der Waals surface area contributed by atoms with Gasteiger partial charge in [-0.15, -0.1) is 0 Å². The third-order valence-corrected chi connectivity index (χ3v) is 2.29. The predicted octanol–water partition coefficient (Wildman–Crippen LogP) is 2.47. The number of imidazole rings is 1. The van der Waals surface area contributed by atoms with Gasteiger partial charge in [-0.05, 0) is 24.3 Å². The second-order valence-electron chi connectivity index (χ2n) is 3.43. The first kappa shape index (κ1) is 8.91. The second-order valence-corrected chi connectivity index (χ2v) is 3.43. The molecule has 78 valence electrons. The number of nitrogens with zero attached hydrogens (tertiary/aromatic N) is 3. The van der Waals surface area contributed by atoms with Gasteiger partial charge < -0.3 is 9.72 Å². The van der Waals surface area contributed by atoms with Gasteiger partial charge in [-0.2, -0.15) is 0 Å². The minimum atomic E-state index is 0.796. The number of hydrogen-bond donors (Lipinski definition) is 1.